The van der Waals surface area contributed by atoms with Crippen molar-refractivity contribution in [1.82, 2.24) is 0 Å². The van der Waals surface area contributed by atoms with E-state index >= 15 is 0 Å². The van der Waals surface area contributed by atoms with E-state index in [2.05, 4.69) is 13.2 Å². The van der Waals surface area contributed by atoms with Gasteiger partial charge in [0, 0.05) is 28.8 Å². The van der Waals surface area contributed by atoms with Gasteiger partial charge in [0.05, 0.1) is 6.61 Å². The van der Waals surface area contributed by atoms with Gasteiger partial charge in [0.2, 0.25) is 0 Å². The number of esters is 2. The molecule has 0 radical (unpaired) electrons. The second-order valence-corrected chi connectivity index (χ2v) is 7.85. The van der Waals surface area contributed by atoms with E-state index < -0.39 is 11.9 Å². The third kappa shape index (κ3) is 6.74. The summed E-state index contributed by atoms with van der Waals surface area (Å²) in [7, 11) is 0. The Hall–Kier alpha value is -4.56. The van der Waals surface area contributed by atoms with Crippen molar-refractivity contribution in [2.45, 2.75) is 13.0 Å². The number of carbonyl (C=O) groups excluding carboxylic acids is 2. The Labute approximate surface area is 208 Å². The second kappa shape index (κ2) is 11.2. The lowest BCUT2D eigenvalue weighted by molar-refractivity contribution is -0.133. The van der Waals surface area contributed by atoms with E-state index in [0.717, 1.165) is 17.9 Å². The summed E-state index contributed by atoms with van der Waals surface area (Å²) in [6.45, 7) is 9.56. The monoisotopic (exact) mass is 488 g/mol. The van der Waals surface area contributed by atoms with Gasteiger partial charge in [-0.15, -0.1) is 0 Å². The molecule has 1 aliphatic heterocycles. The predicted octanol–water partition coefficient (Wildman–Crippen LogP) is 5.45. The molecule has 1 unspecified atom stereocenters. The van der Waals surface area contributed by atoms with Gasteiger partial charge in [0.25, 0.3) is 0 Å². The molecule has 0 amide bonds. The van der Waals surface area contributed by atoms with Crippen molar-refractivity contribution in [2.75, 3.05) is 13.2 Å². The number of epoxide rings is 1. The summed E-state index contributed by atoms with van der Waals surface area (Å²) in [5.74, 6) is 1.48. The van der Waals surface area contributed by atoms with Gasteiger partial charge < -0.3 is 28.1 Å². The summed E-state index contributed by atoms with van der Waals surface area (Å²) in [4.78, 5) is 23.1. The molecule has 36 heavy (non-hydrogen) atoms. The number of hydrogen-bond donors (Lipinski definition) is 0. The molecule has 0 aliphatic carbocycles. The third-order valence-corrected chi connectivity index (χ3v) is 4.92. The highest BCUT2D eigenvalue weighted by Crippen LogP contribution is 2.34. The van der Waals surface area contributed by atoms with Gasteiger partial charge in [-0.2, -0.15) is 0 Å². The molecule has 1 aliphatic rings. The molecular weight excluding hydrogens is 464 g/mol. The summed E-state index contributed by atoms with van der Waals surface area (Å²) in [5, 5.41) is 0. The Bertz CT molecular complexity index is 1300. The largest absolute Gasteiger partial charge is 0.491 e. The number of ether oxygens (including phenoxy) is 5. The first-order valence-corrected chi connectivity index (χ1v) is 11.0. The van der Waals surface area contributed by atoms with Crippen LogP contribution in [0.4, 0.5) is 0 Å². The van der Waals surface area contributed by atoms with Crippen molar-refractivity contribution in [2.24, 2.45) is 0 Å². The van der Waals surface area contributed by atoms with Crippen LogP contribution in [0.15, 0.2) is 96.3 Å². The molecule has 1 saturated heterocycles. The van der Waals surface area contributed by atoms with Gasteiger partial charge in [-0.25, -0.2) is 9.59 Å². The Morgan fingerprint density at radius 1 is 0.972 bits per heavy atom. The first-order valence-electron chi connectivity index (χ1n) is 11.0. The van der Waals surface area contributed by atoms with Crippen LogP contribution in [0.25, 0.3) is 22.6 Å². The second-order valence-electron chi connectivity index (χ2n) is 7.85. The maximum Gasteiger partial charge on any atom is 0.338 e. The van der Waals surface area contributed by atoms with Crippen LogP contribution in [0.2, 0.25) is 0 Å². The van der Waals surface area contributed by atoms with Gasteiger partial charge >= 0.3 is 11.9 Å². The molecule has 8 heteroatoms. The topological polar surface area (TPSA) is 96.7 Å². The summed E-state index contributed by atoms with van der Waals surface area (Å²) in [6.07, 6.45) is 3.59. The van der Waals surface area contributed by atoms with Crippen molar-refractivity contribution in [1.29, 1.82) is 0 Å². The molecule has 2 aromatic carbocycles. The van der Waals surface area contributed by atoms with Gasteiger partial charge in [0.15, 0.2) is 0 Å². The van der Waals surface area contributed by atoms with Gasteiger partial charge in [0.1, 0.15) is 54.0 Å². The predicted molar refractivity (Wildman–Crippen MR) is 131 cm³/mol. The van der Waals surface area contributed by atoms with Crippen molar-refractivity contribution >= 4 is 11.9 Å². The van der Waals surface area contributed by atoms with Crippen LogP contribution in [-0.2, 0) is 19.1 Å². The number of rotatable bonds is 11. The first kappa shape index (κ1) is 24.6. The lowest BCUT2D eigenvalue weighted by Crippen LogP contribution is -2.06. The van der Waals surface area contributed by atoms with Crippen LogP contribution in [0.3, 0.4) is 0 Å². The van der Waals surface area contributed by atoms with E-state index in [-0.39, 0.29) is 6.10 Å². The normalized spacial score (nSPS) is 14.2. The zero-order valence-electron chi connectivity index (χ0n) is 19.6. The Morgan fingerprint density at radius 2 is 1.67 bits per heavy atom. The van der Waals surface area contributed by atoms with Crippen molar-refractivity contribution < 1.29 is 37.7 Å². The summed E-state index contributed by atoms with van der Waals surface area (Å²) in [6, 6.07) is 16.0. The average Bonchev–Trinajstić information content (AvgIpc) is 3.58. The molecule has 184 valence electrons. The van der Waals surface area contributed by atoms with Crippen LogP contribution in [-0.4, -0.2) is 31.3 Å². The minimum absolute atomic E-state index is 0.0804. The van der Waals surface area contributed by atoms with Gasteiger partial charge in [-0.3, -0.25) is 0 Å². The fraction of sp³-hybridized carbons (Fsp3) is 0.143. The molecule has 1 fully saturated rings. The van der Waals surface area contributed by atoms with E-state index in [1.165, 1.54) is 6.26 Å². The molecule has 0 spiro atoms. The summed E-state index contributed by atoms with van der Waals surface area (Å²) < 4.78 is 32.6. The number of hydrogen-bond acceptors (Lipinski definition) is 8. The molecule has 0 N–H and O–H groups in total. The molecular formula is C28H24O8. The Morgan fingerprint density at radius 3 is 2.33 bits per heavy atom. The molecule has 1 atom stereocenters. The van der Waals surface area contributed by atoms with Crippen LogP contribution in [0, 0.1) is 0 Å². The minimum Gasteiger partial charge on any atom is -0.491 e. The standard InChI is InChI=1S/C28H24O8/c1-4-27(29)35-23-14-20(13-22(15-23)33-16-24-17-34-24)26-10-9-25(36-26)19-5-7-21(8-6-19)31-11-12-32-28(30)18(2)3/h4-15,24H,1-2,16-17H2,3H3. The molecule has 1 aromatic heterocycles. The molecule has 0 saturated carbocycles. The highest BCUT2D eigenvalue weighted by molar-refractivity contribution is 5.87. The van der Waals surface area contributed by atoms with E-state index in [0.29, 0.717) is 53.1 Å². The van der Waals surface area contributed by atoms with Crippen molar-refractivity contribution in [3.8, 4) is 39.9 Å². The quantitative estimate of drug-likeness (QED) is 0.116. The van der Waals surface area contributed by atoms with Gasteiger partial charge in [-0.1, -0.05) is 13.2 Å². The number of carbonyl (C=O) groups is 2. The Kier molecular flexibility index (Phi) is 7.67. The van der Waals surface area contributed by atoms with E-state index in [4.69, 9.17) is 28.1 Å². The highest BCUT2D eigenvalue weighted by atomic mass is 16.6. The van der Waals surface area contributed by atoms with Crippen molar-refractivity contribution in [3.63, 3.8) is 0 Å². The van der Waals surface area contributed by atoms with Crippen LogP contribution >= 0.6 is 0 Å². The third-order valence-electron chi connectivity index (χ3n) is 4.92. The smallest absolute Gasteiger partial charge is 0.338 e. The molecule has 2 heterocycles. The molecule has 4 rings (SSSR count). The van der Waals surface area contributed by atoms with Crippen LogP contribution in [0.5, 0.6) is 17.2 Å². The maximum atomic E-state index is 11.7. The molecule has 3 aromatic rings. The first-order chi connectivity index (χ1) is 17.4. The fourth-order valence-corrected chi connectivity index (χ4v) is 3.01. The number of benzene rings is 2. The van der Waals surface area contributed by atoms with Crippen LogP contribution in [0.1, 0.15) is 6.92 Å². The SMILES string of the molecule is C=CC(=O)Oc1cc(OCC2CO2)cc(-c2ccc(-c3ccc(OC=COC(=O)C(=C)C)cc3)o2)c1. The number of furan rings is 1. The fourth-order valence-electron chi connectivity index (χ4n) is 3.01. The molecule has 8 nitrogen and oxygen atoms in total. The van der Waals surface area contributed by atoms with Gasteiger partial charge in [-0.05, 0) is 55.5 Å². The average molecular weight is 488 g/mol. The zero-order chi connectivity index (χ0) is 25.5. The van der Waals surface area contributed by atoms with E-state index in [1.54, 1.807) is 37.3 Å². The lowest BCUT2D eigenvalue weighted by Gasteiger charge is -2.09. The van der Waals surface area contributed by atoms with E-state index in [9.17, 15) is 9.59 Å². The highest BCUT2D eigenvalue weighted by Gasteiger charge is 2.23. The summed E-state index contributed by atoms with van der Waals surface area (Å²) in [5.41, 5.74) is 1.79. The maximum absolute atomic E-state index is 11.7. The minimum atomic E-state index is -0.574. The summed E-state index contributed by atoms with van der Waals surface area (Å²) >= 11 is 0. The lowest BCUT2D eigenvalue weighted by atomic mass is 10.1. The van der Waals surface area contributed by atoms with Crippen LogP contribution < -0.4 is 14.2 Å². The van der Waals surface area contributed by atoms with Crippen molar-refractivity contribution in [3.05, 3.63) is 91.9 Å². The van der Waals surface area contributed by atoms with E-state index in [1.807, 2.05) is 24.3 Å². The Balaban J connectivity index is 1.46. The zero-order valence-corrected chi connectivity index (χ0v) is 19.6. The molecule has 0 bridgehead atoms.